The number of hydrogen-bond donors (Lipinski definition) is 1. The molecule has 0 aliphatic carbocycles. The Morgan fingerprint density at radius 1 is 0.966 bits per heavy atom. The predicted molar refractivity (Wildman–Crippen MR) is 118 cm³/mol. The van der Waals surface area contributed by atoms with Gasteiger partial charge in [-0.3, -0.25) is 0 Å². The molecule has 0 saturated carbocycles. The molecule has 1 aromatic rings. The lowest BCUT2D eigenvalue weighted by atomic mass is 9.89. The Balaban J connectivity index is 3.61. The summed E-state index contributed by atoms with van der Waals surface area (Å²) in [7, 11) is -3.98. The van der Waals surface area contributed by atoms with Crippen LogP contribution in [-0.4, -0.2) is 26.7 Å². The van der Waals surface area contributed by atoms with Crippen molar-refractivity contribution in [3.05, 3.63) is 28.8 Å². The van der Waals surface area contributed by atoms with Gasteiger partial charge in [-0.05, 0) is 41.4 Å². The third kappa shape index (κ3) is 6.29. The Morgan fingerprint density at radius 2 is 1.45 bits per heavy atom. The molecule has 0 atom stereocenters. The van der Waals surface area contributed by atoms with E-state index in [9.17, 15) is 13.2 Å². The van der Waals surface area contributed by atoms with Gasteiger partial charge in [0.2, 0.25) is 0 Å². The molecule has 0 radical (unpaired) electrons. The molecule has 0 unspecified atom stereocenters. The van der Waals surface area contributed by atoms with Gasteiger partial charge in [0.15, 0.2) is 0 Å². The first-order valence-corrected chi connectivity index (χ1v) is 11.8. The first-order chi connectivity index (χ1) is 13.3. The minimum absolute atomic E-state index is 0.0105. The number of esters is 1. The van der Waals surface area contributed by atoms with E-state index in [-0.39, 0.29) is 40.9 Å². The second-order valence-electron chi connectivity index (χ2n) is 8.46. The Hall–Kier alpha value is -1.89. The number of sulfonamides is 1. The van der Waals surface area contributed by atoms with Crippen molar-refractivity contribution < 1.29 is 17.9 Å². The molecule has 0 saturated heterocycles. The summed E-state index contributed by atoms with van der Waals surface area (Å²) >= 11 is 0. The number of nitrogens with one attached hydrogen (secondary N) is 1. The molecule has 1 N–H and O–H groups in total. The van der Waals surface area contributed by atoms with Crippen molar-refractivity contribution in [1.82, 2.24) is 4.83 Å². The lowest BCUT2D eigenvalue weighted by Gasteiger charge is -2.22. The summed E-state index contributed by atoms with van der Waals surface area (Å²) in [5, 5.41) is 3.95. The van der Waals surface area contributed by atoms with Crippen LogP contribution in [0.2, 0.25) is 0 Å². The monoisotopic (exact) mass is 424 g/mol. The maximum Gasteiger partial charge on any atom is 0.354 e. The van der Waals surface area contributed by atoms with Crippen molar-refractivity contribution in [3.63, 3.8) is 0 Å². The second-order valence-corrected chi connectivity index (χ2v) is 10.1. The van der Waals surface area contributed by atoms with Gasteiger partial charge in [-0.25, -0.2) is 4.79 Å². The molecular weight excluding hydrogens is 388 g/mol. The highest BCUT2D eigenvalue weighted by atomic mass is 32.2. The first kappa shape index (κ1) is 25.1. The van der Waals surface area contributed by atoms with Crippen LogP contribution in [0.4, 0.5) is 0 Å². The van der Waals surface area contributed by atoms with E-state index < -0.39 is 16.0 Å². The van der Waals surface area contributed by atoms with Gasteiger partial charge in [0.25, 0.3) is 10.0 Å². The van der Waals surface area contributed by atoms with E-state index in [1.54, 1.807) is 20.8 Å². The van der Waals surface area contributed by atoms with Gasteiger partial charge in [0, 0.05) is 5.92 Å². The zero-order valence-electron chi connectivity index (χ0n) is 19.2. The predicted octanol–water partition coefficient (Wildman–Crippen LogP) is 4.91. The highest BCUT2D eigenvalue weighted by Crippen LogP contribution is 2.35. The van der Waals surface area contributed by atoms with Crippen LogP contribution in [0.1, 0.15) is 96.8 Å². The van der Waals surface area contributed by atoms with E-state index in [1.165, 1.54) is 0 Å². The van der Waals surface area contributed by atoms with E-state index in [4.69, 9.17) is 4.74 Å². The molecular formula is C22H36N2O4S. The fourth-order valence-electron chi connectivity index (χ4n) is 2.97. The van der Waals surface area contributed by atoms with Gasteiger partial charge >= 0.3 is 5.97 Å². The minimum Gasteiger partial charge on any atom is -0.461 e. The van der Waals surface area contributed by atoms with Crippen LogP contribution in [0.3, 0.4) is 0 Å². The third-order valence-electron chi connectivity index (χ3n) is 4.67. The second kappa shape index (κ2) is 10.2. The molecule has 29 heavy (non-hydrogen) atoms. The fraction of sp³-hybridized carbons (Fsp3) is 0.636. The number of rotatable bonds is 9. The van der Waals surface area contributed by atoms with Crippen molar-refractivity contribution in [1.29, 1.82) is 0 Å². The number of ether oxygens (including phenoxy) is 1. The molecule has 0 aromatic heterocycles. The number of hydrazone groups is 1. The molecule has 1 aromatic carbocycles. The van der Waals surface area contributed by atoms with E-state index in [2.05, 4.69) is 23.8 Å². The molecule has 0 spiro atoms. The highest BCUT2D eigenvalue weighted by molar-refractivity contribution is 7.89. The molecule has 6 nitrogen and oxygen atoms in total. The maximum atomic E-state index is 13.3. The van der Waals surface area contributed by atoms with Gasteiger partial charge in [-0.15, -0.1) is 0 Å². The zero-order chi connectivity index (χ0) is 22.5. The molecule has 164 valence electrons. The highest BCUT2D eigenvalue weighted by Gasteiger charge is 2.27. The summed E-state index contributed by atoms with van der Waals surface area (Å²) in [5.74, 6) is -0.598. The summed E-state index contributed by atoms with van der Waals surface area (Å²) in [5.41, 5.74) is 2.66. The summed E-state index contributed by atoms with van der Waals surface area (Å²) in [6.07, 6.45) is 0. The van der Waals surface area contributed by atoms with E-state index in [0.717, 1.165) is 16.7 Å². The zero-order valence-corrected chi connectivity index (χ0v) is 20.0. The summed E-state index contributed by atoms with van der Waals surface area (Å²) in [4.78, 5) is 14.7. The van der Waals surface area contributed by atoms with Crippen molar-refractivity contribution in [2.45, 2.75) is 85.0 Å². The Labute approximate surface area is 176 Å². The minimum atomic E-state index is -3.98. The lowest BCUT2D eigenvalue weighted by molar-refractivity contribution is -0.135. The van der Waals surface area contributed by atoms with Gasteiger partial charge in [0.1, 0.15) is 5.71 Å². The maximum absolute atomic E-state index is 13.3. The van der Waals surface area contributed by atoms with Crippen LogP contribution in [0.5, 0.6) is 0 Å². The molecule has 0 aliphatic rings. The molecule has 0 fully saturated rings. The van der Waals surface area contributed by atoms with Crippen molar-refractivity contribution in [2.24, 2.45) is 11.0 Å². The molecule has 0 bridgehead atoms. The normalized spacial score (nSPS) is 12.9. The SMILES string of the molecule is CCOC(=O)/C(=N/NS(=O)(=O)c1c(C(C)C)cc(C(C)C)cc1C(C)C)C(C)C. The van der Waals surface area contributed by atoms with Crippen LogP contribution in [0.15, 0.2) is 22.1 Å². The van der Waals surface area contributed by atoms with Crippen LogP contribution in [0, 0.1) is 5.92 Å². The number of nitrogens with zero attached hydrogens (tertiary/aromatic N) is 1. The number of hydrogen-bond acceptors (Lipinski definition) is 5. The average Bonchev–Trinajstić information content (AvgIpc) is 2.60. The number of benzene rings is 1. The number of carbonyl (C=O) groups excluding carboxylic acids is 1. The van der Waals surface area contributed by atoms with Gasteiger partial charge in [0.05, 0.1) is 11.5 Å². The molecule has 7 heteroatoms. The molecule has 1 rings (SSSR count). The van der Waals surface area contributed by atoms with Crippen molar-refractivity contribution >= 4 is 21.7 Å². The van der Waals surface area contributed by atoms with Crippen LogP contribution in [-0.2, 0) is 19.6 Å². The molecule has 0 amide bonds. The summed E-state index contributed by atoms with van der Waals surface area (Å²) in [6.45, 7) is 17.5. The average molecular weight is 425 g/mol. The Bertz CT molecular complexity index is 825. The quantitative estimate of drug-likeness (QED) is 0.347. The van der Waals surface area contributed by atoms with E-state index in [0.29, 0.717) is 0 Å². The standard InChI is InChI=1S/C22H36N2O4S/c1-10-28-22(25)20(16(8)9)23-24-29(26,27)21-18(14(4)5)11-17(13(2)3)12-19(21)15(6)7/h11-16,24H,10H2,1-9H3/b23-20+. The molecule has 0 heterocycles. The third-order valence-corrected chi connectivity index (χ3v) is 6.01. The Morgan fingerprint density at radius 3 is 1.79 bits per heavy atom. The Kier molecular flexibility index (Phi) is 8.87. The van der Waals surface area contributed by atoms with E-state index in [1.807, 2.05) is 39.8 Å². The van der Waals surface area contributed by atoms with Gasteiger partial charge in [-0.2, -0.15) is 18.4 Å². The van der Waals surface area contributed by atoms with Crippen LogP contribution in [0.25, 0.3) is 0 Å². The smallest absolute Gasteiger partial charge is 0.354 e. The van der Waals surface area contributed by atoms with Crippen LogP contribution >= 0.6 is 0 Å². The topological polar surface area (TPSA) is 84.8 Å². The first-order valence-electron chi connectivity index (χ1n) is 10.3. The van der Waals surface area contributed by atoms with Gasteiger partial charge in [-0.1, -0.05) is 67.5 Å². The molecule has 0 aliphatic heterocycles. The van der Waals surface area contributed by atoms with Crippen LogP contribution < -0.4 is 4.83 Å². The van der Waals surface area contributed by atoms with Crippen molar-refractivity contribution in [3.8, 4) is 0 Å². The number of carbonyl (C=O) groups is 1. The fourth-order valence-corrected chi connectivity index (χ4v) is 4.49. The summed E-state index contributed by atoms with van der Waals surface area (Å²) in [6, 6.07) is 3.93. The van der Waals surface area contributed by atoms with Crippen molar-refractivity contribution in [2.75, 3.05) is 6.61 Å². The lowest BCUT2D eigenvalue weighted by Crippen LogP contribution is -2.29. The van der Waals surface area contributed by atoms with E-state index >= 15 is 0 Å². The van der Waals surface area contributed by atoms with Gasteiger partial charge < -0.3 is 4.74 Å². The summed E-state index contributed by atoms with van der Waals surface area (Å²) < 4.78 is 31.6. The largest absolute Gasteiger partial charge is 0.461 e.